The fourth-order valence-corrected chi connectivity index (χ4v) is 6.25. The molecule has 2 aromatic rings. The molecule has 7 nitrogen and oxygen atoms in total. The van der Waals surface area contributed by atoms with Gasteiger partial charge in [-0.1, -0.05) is 12.1 Å². The summed E-state index contributed by atoms with van der Waals surface area (Å²) in [7, 11) is 2.15. The molecule has 1 atom stereocenters. The highest BCUT2D eigenvalue weighted by Crippen LogP contribution is 2.50. The lowest BCUT2D eigenvalue weighted by Crippen LogP contribution is -2.55. The molecule has 38 heavy (non-hydrogen) atoms. The van der Waals surface area contributed by atoms with E-state index in [-0.39, 0.29) is 11.6 Å². The van der Waals surface area contributed by atoms with Gasteiger partial charge in [0, 0.05) is 31.9 Å². The van der Waals surface area contributed by atoms with Crippen LogP contribution in [0.15, 0.2) is 36.5 Å². The van der Waals surface area contributed by atoms with Gasteiger partial charge in [-0.2, -0.15) is 18.4 Å². The zero-order valence-corrected chi connectivity index (χ0v) is 22.2. The first-order valence-corrected chi connectivity index (χ1v) is 13.4. The van der Waals surface area contributed by atoms with Gasteiger partial charge in [0.25, 0.3) is 5.91 Å². The molecule has 2 saturated heterocycles. The van der Waals surface area contributed by atoms with Crippen molar-refractivity contribution in [1.29, 1.82) is 5.26 Å². The summed E-state index contributed by atoms with van der Waals surface area (Å²) in [5.74, 6) is -0.292. The van der Waals surface area contributed by atoms with Gasteiger partial charge in [0.05, 0.1) is 17.4 Å². The van der Waals surface area contributed by atoms with Crippen LogP contribution in [0.1, 0.15) is 42.5 Å². The summed E-state index contributed by atoms with van der Waals surface area (Å²) in [6, 6.07) is 10.4. The molecule has 202 valence electrons. The molecule has 1 saturated carbocycles. The predicted octanol–water partition coefficient (Wildman–Crippen LogP) is 4.14. The first-order chi connectivity index (χ1) is 18.1. The molecule has 3 heterocycles. The highest BCUT2D eigenvalue weighted by atomic mass is 32.1. The number of aryl methyl sites for hydroxylation is 1. The number of hydrogen-bond acceptors (Lipinski definition) is 7. The molecule has 1 aromatic heterocycles. The van der Waals surface area contributed by atoms with Crippen LogP contribution in [0.4, 0.5) is 24.5 Å². The third kappa shape index (κ3) is 4.85. The third-order valence-electron chi connectivity index (χ3n) is 8.03. The topological polar surface area (TPSA) is 66.7 Å². The zero-order chi connectivity index (χ0) is 27.1. The number of benzene rings is 1. The quantitative estimate of drug-likeness (QED) is 0.552. The fraction of sp³-hybridized carbons (Fsp3) is 0.519. The van der Waals surface area contributed by atoms with Crippen molar-refractivity contribution in [3.63, 3.8) is 0 Å². The van der Waals surface area contributed by atoms with Crippen LogP contribution in [0.2, 0.25) is 0 Å². The van der Waals surface area contributed by atoms with E-state index in [0.717, 1.165) is 69.9 Å². The number of carbonyl (C=O) groups is 1. The Balaban J connectivity index is 1.34. The summed E-state index contributed by atoms with van der Waals surface area (Å²) in [6.45, 7) is 5.45. The summed E-state index contributed by atoms with van der Waals surface area (Å²) in [6.07, 6.45) is 0.436. The van der Waals surface area contributed by atoms with Gasteiger partial charge in [0.2, 0.25) is 0 Å². The second-order valence-electron chi connectivity index (χ2n) is 10.4. The summed E-state index contributed by atoms with van der Waals surface area (Å²) < 4.78 is 40.8. The van der Waals surface area contributed by atoms with Crippen molar-refractivity contribution in [3.8, 4) is 6.07 Å². The molecule has 2 aliphatic heterocycles. The van der Waals surface area contributed by atoms with Crippen molar-refractivity contribution < 1.29 is 18.0 Å². The Bertz CT molecular complexity index is 1220. The molecule has 1 unspecified atom stereocenters. The molecule has 1 aliphatic carbocycles. The Hall–Kier alpha value is -2.81. The minimum atomic E-state index is -4.77. The molecule has 0 N–H and O–H groups in total. The average molecular weight is 545 g/mol. The minimum absolute atomic E-state index is 0.0179. The van der Waals surface area contributed by atoms with E-state index in [2.05, 4.69) is 34.0 Å². The highest BCUT2D eigenvalue weighted by molar-refractivity contribution is 7.81. The number of alkyl halides is 3. The fourth-order valence-electron chi connectivity index (χ4n) is 5.66. The van der Waals surface area contributed by atoms with Gasteiger partial charge in [-0.15, -0.1) is 12.6 Å². The van der Waals surface area contributed by atoms with E-state index in [1.807, 2.05) is 17.0 Å². The van der Waals surface area contributed by atoms with Crippen molar-refractivity contribution in [1.82, 2.24) is 14.8 Å². The van der Waals surface area contributed by atoms with E-state index in [0.29, 0.717) is 12.8 Å². The largest absolute Gasteiger partial charge is 0.419 e. The van der Waals surface area contributed by atoms with Gasteiger partial charge in [0.1, 0.15) is 11.6 Å². The highest BCUT2D eigenvalue weighted by Gasteiger charge is 2.60. The number of carbonyl (C=O) groups excluding carboxylic acids is 1. The number of aromatic nitrogens is 1. The maximum atomic E-state index is 13.7. The van der Waals surface area contributed by atoms with Gasteiger partial charge in [0.15, 0.2) is 11.2 Å². The molecule has 1 spiro atoms. The van der Waals surface area contributed by atoms with E-state index in [1.165, 1.54) is 16.5 Å². The van der Waals surface area contributed by atoms with E-state index in [1.54, 1.807) is 0 Å². The Labute approximate surface area is 226 Å². The third-order valence-corrected chi connectivity index (χ3v) is 8.50. The second kappa shape index (κ2) is 10.4. The van der Waals surface area contributed by atoms with Crippen LogP contribution in [0, 0.1) is 11.3 Å². The van der Waals surface area contributed by atoms with Crippen LogP contribution >= 0.6 is 12.6 Å². The lowest BCUT2D eigenvalue weighted by molar-refractivity contribution is -0.138. The molecule has 3 fully saturated rings. The van der Waals surface area contributed by atoms with Crippen molar-refractivity contribution in [2.24, 2.45) is 0 Å². The number of amides is 1. The van der Waals surface area contributed by atoms with E-state index < -0.39 is 28.5 Å². The first kappa shape index (κ1) is 26.8. The number of thiol groups is 1. The average Bonchev–Trinajstić information content (AvgIpc) is 3.11. The Morgan fingerprint density at radius 3 is 2.39 bits per heavy atom. The van der Waals surface area contributed by atoms with Gasteiger partial charge < -0.3 is 14.7 Å². The van der Waals surface area contributed by atoms with Crippen LogP contribution in [0.25, 0.3) is 0 Å². The monoisotopic (exact) mass is 544 g/mol. The van der Waals surface area contributed by atoms with Crippen molar-refractivity contribution in [3.05, 3.63) is 53.3 Å². The predicted molar refractivity (Wildman–Crippen MR) is 142 cm³/mol. The van der Waals surface area contributed by atoms with Crippen LogP contribution in [-0.4, -0.2) is 71.5 Å². The second-order valence-corrected chi connectivity index (χ2v) is 10.9. The smallest absolute Gasteiger partial charge is 0.328 e. The molecule has 5 rings (SSSR count). The Morgan fingerprint density at radius 1 is 1.13 bits per heavy atom. The van der Waals surface area contributed by atoms with Gasteiger partial charge in [-0.05, 0) is 69.5 Å². The number of nitrogens with zero attached hydrogens (tertiary/aromatic N) is 6. The number of likely N-dealkylation sites (N-methyl/N-ethyl adjacent to an activating group) is 1. The number of rotatable bonds is 6. The molecular formula is C27H31F3N6OS. The number of pyridine rings is 1. The van der Waals surface area contributed by atoms with Crippen molar-refractivity contribution >= 4 is 29.9 Å². The molecular weight excluding hydrogens is 513 g/mol. The molecule has 1 aromatic carbocycles. The van der Waals surface area contributed by atoms with Crippen molar-refractivity contribution in [2.45, 2.75) is 49.3 Å². The van der Waals surface area contributed by atoms with Crippen molar-refractivity contribution in [2.75, 3.05) is 49.6 Å². The van der Waals surface area contributed by atoms with E-state index in [9.17, 15) is 18.0 Å². The van der Waals surface area contributed by atoms with Crippen LogP contribution in [0.5, 0.6) is 0 Å². The normalized spacial score (nSPS) is 22.1. The van der Waals surface area contributed by atoms with Crippen LogP contribution in [0.3, 0.4) is 0 Å². The maximum absolute atomic E-state index is 13.7. The Morgan fingerprint density at radius 2 is 1.82 bits per heavy atom. The minimum Gasteiger partial charge on any atom is -0.328 e. The van der Waals surface area contributed by atoms with E-state index in [4.69, 9.17) is 17.9 Å². The molecule has 11 heteroatoms. The lowest BCUT2D eigenvalue weighted by atomic mass is 9.75. The summed E-state index contributed by atoms with van der Waals surface area (Å²) in [4.78, 5) is 25.4. The molecule has 0 radical (unpaired) electrons. The van der Waals surface area contributed by atoms with Crippen LogP contribution < -0.4 is 9.80 Å². The maximum Gasteiger partial charge on any atom is 0.419 e. The zero-order valence-electron chi connectivity index (χ0n) is 21.3. The molecule has 1 amide bonds. The summed E-state index contributed by atoms with van der Waals surface area (Å²) >= 11 is 4.72. The number of piperazine rings is 1. The molecule has 0 bridgehead atoms. The van der Waals surface area contributed by atoms with Crippen LogP contribution in [-0.2, 0) is 17.4 Å². The standard InChI is InChI=1S/C27H31F3N6OS/c1-33-12-14-34(15-13-33)11-2-4-19-5-7-20(8-6-19)36-25(38)35(24(37)26(36)9-3-10-26)21-16-22(27(28,29)30)23(17-31)32-18-21/h5-8,16,18,25,38H,2-4,9-15H2,1H3. The number of nitriles is 1. The lowest BCUT2D eigenvalue weighted by Gasteiger charge is -2.44. The SMILES string of the molecule is CN1CCN(CCCc2ccc(N3C(S)N(c4cnc(C#N)c(C(F)(F)F)c4)C(=O)C34CCC4)cc2)CC1. The van der Waals surface area contributed by atoms with Gasteiger partial charge in [-0.3, -0.25) is 9.69 Å². The molecule has 3 aliphatic rings. The van der Waals surface area contributed by atoms with Gasteiger partial charge in [-0.25, -0.2) is 4.98 Å². The summed E-state index contributed by atoms with van der Waals surface area (Å²) in [5.41, 5.74) is -1.54. The van der Waals surface area contributed by atoms with Gasteiger partial charge >= 0.3 is 6.18 Å². The number of anilines is 2. The summed E-state index contributed by atoms with van der Waals surface area (Å²) in [5, 5.41) is 9.09. The van der Waals surface area contributed by atoms with E-state index >= 15 is 0 Å². The first-order valence-electron chi connectivity index (χ1n) is 12.9. The number of hydrogen-bond donors (Lipinski definition) is 1. The Kier molecular flexibility index (Phi) is 7.33. The number of halogens is 3.